The summed E-state index contributed by atoms with van der Waals surface area (Å²) < 4.78 is 1.66. The molecule has 0 radical (unpaired) electrons. The number of piperidine rings is 1. The summed E-state index contributed by atoms with van der Waals surface area (Å²) in [6.45, 7) is 2.05. The van der Waals surface area contributed by atoms with Crippen molar-refractivity contribution in [2.75, 3.05) is 0 Å². The molecule has 2 N–H and O–H groups in total. The number of pyridine rings is 1. The number of nitrogens with zero attached hydrogens (tertiary/aromatic N) is 4. The topological polar surface area (TPSA) is 75.9 Å². The highest BCUT2D eigenvalue weighted by atomic mass is 35.5. The highest BCUT2D eigenvalue weighted by Gasteiger charge is 2.41. The predicted molar refractivity (Wildman–Crippen MR) is 78.7 cm³/mol. The van der Waals surface area contributed by atoms with Crippen molar-refractivity contribution in [3.8, 4) is 0 Å². The standard InChI is InChI=1S/C14H18ClN5O/c1-9-5-14(21,13-4-3-10(15)7-16-13)6-11(17-9)12-8-20(2)19-18-12/h3-4,7-9,11,17,21H,5-6H2,1-2H3/t9-,11-,14-/m0/s1. The molecule has 7 heteroatoms. The van der Waals surface area contributed by atoms with E-state index >= 15 is 0 Å². The smallest absolute Gasteiger partial charge is 0.110 e. The van der Waals surface area contributed by atoms with Crippen molar-refractivity contribution in [3.63, 3.8) is 0 Å². The zero-order valence-electron chi connectivity index (χ0n) is 12.0. The third-order valence-electron chi connectivity index (χ3n) is 3.85. The molecule has 1 aliphatic rings. The molecule has 1 fully saturated rings. The van der Waals surface area contributed by atoms with E-state index in [1.807, 2.05) is 20.2 Å². The predicted octanol–water partition coefficient (Wildman–Crippen LogP) is 1.56. The number of hydrogen-bond acceptors (Lipinski definition) is 5. The molecule has 0 amide bonds. The minimum Gasteiger partial charge on any atom is -0.383 e. The maximum absolute atomic E-state index is 11.0. The Morgan fingerprint density at radius 1 is 1.43 bits per heavy atom. The van der Waals surface area contributed by atoms with E-state index in [-0.39, 0.29) is 12.1 Å². The summed E-state index contributed by atoms with van der Waals surface area (Å²) in [5.74, 6) is 0. The second-order valence-electron chi connectivity index (χ2n) is 5.74. The number of aromatic nitrogens is 4. The molecule has 3 heterocycles. The molecule has 21 heavy (non-hydrogen) atoms. The molecule has 0 bridgehead atoms. The lowest BCUT2D eigenvalue weighted by Crippen LogP contribution is -2.47. The Balaban J connectivity index is 1.89. The Morgan fingerprint density at radius 2 is 2.24 bits per heavy atom. The van der Waals surface area contributed by atoms with Gasteiger partial charge in [0.05, 0.1) is 22.5 Å². The van der Waals surface area contributed by atoms with Crippen molar-refractivity contribution in [2.24, 2.45) is 7.05 Å². The van der Waals surface area contributed by atoms with Gasteiger partial charge in [0.2, 0.25) is 0 Å². The van der Waals surface area contributed by atoms with Crippen LogP contribution in [0.25, 0.3) is 0 Å². The number of rotatable bonds is 2. The fourth-order valence-electron chi connectivity index (χ4n) is 2.96. The first kappa shape index (κ1) is 14.4. The maximum Gasteiger partial charge on any atom is 0.110 e. The first-order valence-electron chi connectivity index (χ1n) is 6.93. The molecule has 2 aromatic rings. The lowest BCUT2D eigenvalue weighted by molar-refractivity contribution is -0.0271. The lowest BCUT2D eigenvalue weighted by atomic mass is 9.80. The van der Waals surface area contributed by atoms with Crippen molar-refractivity contribution in [3.05, 3.63) is 40.9 Å². The molecular formula is C14H18ClN5O. The zero-order valence-corrected chi connectivity index (χ0v) is 12.7. The monoisotopic (exact) mass is 307 g/mol. The van der Waals surface area contributed by atoms with E-state index in [0.717, 1.165) is 5.69 Å². The van der Waals surface area contributed by atoms with Crippen molar-refractivity contribution in [2.45, 2.75) is 37.5 Å². The summed E-state index contributed by atoms with van der Waals surface area (Å²) in [6, 6.07) is 3.64. The van der Waals surface area contributed by atoms with Gasteiger partial charge >= 0.3 is 0 Å². The number of halogens is 1. The Bertz CT molecular complexity index is 629. The minimum atomic E-state index is -0.989. The van der Waals surface area contributed by atoms with Gasteiger partial charge < -0.3 is 10.4 Å². The van der Waals surface area contributed by atoms with Crippen LogP contribution in [0.15, 0.2) is 24.5 Å². The molecule has 0 unspecified atom stereocenters. The van der Waals surface area contributed by atoms with Gasteiger partial charge in [-0.25, -0.2) is 0 Å². The molecule has 0 spiro atoms. The summed E-state index contributed by atoms with van der Waals surface area (Å²) in [5, 5.41) is 23.2. The number of aryl methyl sites for hydroxylation is 1. The minimum absolute atomic E-state index is 0.0510. The molecular weight excluding hydrogens is 290 g/mol. The van der Waals surface area contributed by atoms with Crippen LogP contribution in [-0.2, 0) is 12.6 Å². The molecule has 0 saturated carbocycles. The van der Waals surface area contributed by atoms with Crippen LogP contribution in [0.5, 0.6) is 0 Å². The molecule has 3 atom stereocenters. The molecule has 0 aromatic carbocycles. The van der Waals surface area contributed by atoms with Gasteiger partial charge in [0.1, 0.15) is 5.60 Å². The summed E-state index contributed by atoms with van der Waals surface area (Å²) in [5.41, 5.74) is 0.489. The van der Waals surface area contributed by atoms with Crippen molar-refractivity contribution >= 4 is 11.6 Å². The third-order valence-corrected chi connectivity index (χ3v) is 4.08. The SMILES string of the molecule is C[C@H]1C[C@@](O)(c2ccc(Cl)cn2)C[C@@H](c2cn(C)nn2)N1. The quantitative estimate of drug-likeness (QED) is 0.880. The summed E-state index contributed by atoms with van der Waals surface area (Å²) in [6.07, 6.45) is 4.54. The fraction of sp³-hybridized carbons (Fsp3) is 0.500. The van der Waals surface area contributed by atoms with Gasteiger partial charge in [0.15, 0.2) is 0 Å². The number of hydrogen-bond donors (Lipinski definition) is 2. The maximum atomic E-state index is 11.0. The Morgan fingerprint density at radius 3 is 2.86 bits per heavy atom. The highest BCUT2D eigenvalue weighted by Crippen LogP contribution is 2.38. The van der Waals surface area contributed by atoms with Crippen molar-refractivity contribution in [1.82, 2.24) is 25.3 Å². The molecule has 112 valence electrons. The number of aliphatic hydroxyl groups is 1. The van der Waals surface area contributed by atoms with E-state index in [2.05, 4.69) is 20.6 Å². The zero-order chi connectivity index (χ0) is 15.0. The second kappa shape index (κ2) is 5.36. The molecule has 3 rings (SSSR count). The van der Waals surface area contributed by atoms with Crippen LogP contribution in [0, 0.1) is 0 Å². The summed E-state index contributed by atoms with van der Waals surface area (Å²) >= 11 is 5.87. The van der Waals surface area contributed by atoms with Gasteiger partial charge in [-0.05, 0) is 25.5 Å². The lowest BCUT2D eigenvalue weighted by Gasteiger charge is -2.40. The normalized spacial score (nSPS) is 29.5. The van der Waals surface area contributed by atoms with Crippen LogP contribution in [0.2, 0.25) is 5.02 Å². The van der Waals surface area contributed by atoms with Crippen LogP contribution in [0.1, 0.15) is 37.2 Å². The van der Waals surface area contributed by atoms with Crippen LogP contribution in [0.3, 0.4) is 0 Å². The Labute approximate surface area is 128 Å². The first-order valence-corrected chi connectivity index (χ1v) is 7.31. The average Bonchev–Trinajstić information content (AvgIpc) is 2.85. The van der Waals surface area contributed by atoms with E-state index in [1.165, 1.54) is 0 Å². The summed E-state index contributed by atoms with van der Waals surface area (Å²) in [4.78, 5) is 4.29. The van der Waals surface area contributed by atoms with E-state index in [9.17, 15) is 5.11 Å². The third kappa shape index (κ3) is 2.92. The van der Waals surface area contributed by atoms with Gasteiger partial charge in [-0.2, -0.15) is 0 Å². The van der Waals surface area contributed by atoms with Gasteiger partial charge in [-0.15, -0.1) is 5.10 Å². The van der Waals surface area contributed by atoms with Gasteiger partial charge in [0.25, 0.3) is 0 Å². The molecule has 1 aliphatic heterocycles. The Kier molecular flexibility index (Phi) is 3.69. The van der Waals surface area contributed by atoms with Gasteiger partial charge in [-0.3, -0.25) is 9.67 Å². The molecule has 6 nitrogen and oxygen atoms in total. The van der Waals surface area contributed by atoms with Gasteiger partial charge in [0, 0.05) is 31.9 Å². The van der Waals surface area contributed by atoms with Crippen molar-refractivity contribution < 1.29 is 5.11 Å². The van der Waals surface area contributed by atoms with Crippen LogP contribution >= 0.6 is 11.6 Å². The number of nitrogens with one attached hydrogen (secondary N) is 1. The van der Waals surface area contributed by atoms with Gasteiger partial charge in [-0.1, -0.05) is 16.8 Å². The molecule has 1 saturated heterocycles. The van der Waals surface area contributed by atoms with E-state index in [1.54, 1.807) is 23.0 Å². The van der Waals surface area contributed by atoms with E-state index < -0.39 is 5.60 Å². The molecule has 2 aromatic heterocycles. The van der Waals surface area contributed by atoms with E-state index in [4.69, 9.17) is 11.6 Å². The van der Waals surface area contributed by atoms with Crippen molar-refractivity contribution in [1.29, 1.82) is 0 Å². The van der Waals surface area contributed by atoms with Crippen LogP contribution in [-0.4, -0.2) is 31.1 Å². The highest BCUT2D eigenvalue weighted by molar-refractivity contribution is 6.30. The molecule has 0 aliphatic carbocycles. The van der Waals surface area contributed by atoms with Crippen LogP contribution < -0.4 is 5.32 Å². The van der Waals surface area contributed by atoms with E-state index in [0.29, 0.717) is 23.6 Å². The largest absolute Gasteiger partial charge is 0.383 e. The second-order valence-corrected chi connectivity index (χ2v) is 6.18. The van der Waals surface area contributed by atoms with Crippen LogP contribution in [0.4, 0.5) is 0 Å². The average molecular weight is 308 g/mol. The fourth-order valence-corrected chi connectivity index (χ4v) is 3.08. The first-order chi connectivity index (χ1) is 9.96. The Hall–Kier alpha value is -1.50. The summed E-state index contributed by atoms with van der Waals surface area (Å²) in [7, 11) is 1.83.